The molecule has 0 amide bonds. The number of aliphatic hydroxyl groups is 4. The van der Waals surface area contributed by atoms with Crippen LogP contribution in [-0.4, -0.2) is 80.2 Å². The minimum absolute atomic E-state index is 0.0365. The molecule has 0 aromatic rings. The van der Waals surface area contributed by atoms with Gasteiger partial charge in [-0.05, 0) is 37.2 Å². The number of esters is 2. The molecule has 1 heterocycles. The van der Waals surface area contributed by atoms with Gasteiger partial charge in [0.15, 0.2) is 5.60 Å². The van der Waals surface area contributed by atoms with Gasteiger partial charge in [-0.3, -0.25) is 9.59 Å². The third kappa shape index (κ3) is 5.44. The number of carbonyl (C=O) groups is 2. The van der Waals surface area contributed by atoms with Crippen LogP contribution in [0.3, 0.4) is 0 Å². The summed E-state index contributed by atoms with van der Waals surface area (Å²) in [7, 11) is 0. The van der Waals surface area contributed by atoms with Crippen LogP contribution in [-0.2, 0) is 23.8 Å². The van der Waals surface area contributed by atoms with Crippen LogP contribution < -0.4 is 0 Å². The van der Waals surface area contributed by atoms with Crippen LogP contribution in [0, 0.1) is 40.4 Å². The molecule has 4 unspecified atom stereocenters. The van der Waals surface area contributed by atoms with Gasteiger partial charge in [0.05, 0.1) is 23.5 Å². The first-order chi connectivity index (χ1) is 22.0. The first-order valence-electron chi connectivity index (χ1n) is 18.5. The van der Waals surface area contributed by atoms with E-state index in [1.807, 2.05) is 34.6 Å². The second-order valence-corrected chi connectivity index (χ2v) is 16.9. The Bertz CT molecular complexity index is 1210. The largest absolute Gasteiger partial charge is 0.462 e. The minimum atomic E-state index is -2.22. The minimum Gasteiger partial charge on any atom is -0.462 e. The number of ether oxygens (including phenoxy) is 3. The summed E-state index contributed by atoms with van der Waals surface area (Å²) in [6.45, 7) is 15.2. The van der Waals surface area contributed by atoms with Crippen LogP contribution in [0.2, 0.25) is 0 Å². The van der Waals surface area contributed by atoms with Crippen molar-refractivity contribution in [2.24, 2.45) is 40.4 Å². The van der Waals surface area contributed by atoms with Crippen molar-refractivity contribution in [3.63, 3.8) is 0 Å². The highest BCUT2D eigenvalue weighted by Gasteiger charge is 2.90. The fourth-order valence-corrected chi connectivity index (χ4v) is 10.2. The molecule has 268 valence electrons. The average Bonchev–Trinajstić information content (AvgIpc) is 3.84. The average molecular weight is 663 g/mol. The number of fused-ring (bicyclic) bond motifs is 5. The Morgan fingerprint density at radius 3 is 2.19 bits per heavy atom. The van der Waals surface area contributed by atoms with Gasteiger partial charge in [-0.15, -0.1) is 0 Å². The number of rotatable bonds is 15. The van der Waals surface area contributed by atoms with Crippen LogP contribution in [0.5, 0.6) is 0 Å². The molecule has 4 fully saturated rings. The van der Waals surface area contributed by atoms with E-state index in [1.54, 1.807) is 19.9 Å². The summed E-state index contributed by atoms with van der Waals surface area (Å²) >= 11 is 0. The van der Waals surface area contributed by atoms with Crippen molar-refractivity contribution in [3.8, 4) is 0 Å². The Hall–Kier alpha value is -1.52. The summed E-state index contributed by atoms with van der Waals surface area (Å²) in [5.41, 5.74) is -6.20. The Kier molecular flexibility index (Phi) is 10.2. The molecule has 1 aliphatic heterocycles. The number of epoxide rings is 1. The molecule has 47 heavy (non-hydrogen) atoms. The lowest BCUT2D eigenvalue weighted by Gasteiger charge is -2.52. The zero-order chi connectivity index (χ0) is 34.7. The maximum absolute atomic E-state index is 13.5. The molecule has 4 aliphatic carbocycles. The number of carbonyl (C=O) groups excluding carboxylic acids is 2. The maximum atomic E-state index is 13.5. The highest BCUT2D eigenvalue weighted by Crippen LogP contribution is 2.79. The second kappa shape index (κ2) is 13.0. The summed E-state index contributed by atoms with van der Waals surface area (Å²) in [6.07, 6.45) is 7.61. The van der Waals surface area contributed by atoms with Crippen molar-refractivity contribution in [2.75, 3.05) is 6.61 Å². The van der Waals surface area contributed by atoms with E-state index in [1.165, 1.54) is 38.5 Å². The molecular formula is C38H62O9. The molecule has 1 saturated heterocycles. The molecule has 9 heteroatoms. The smallest absolute Gasteiger partial charge is 0.309 e. The van der Waals surface area contributed by atoms with Gasteiger partial charge in [0.1, 0.15) is 30.0 Å². The lowest BCUT2D eigenvalue weighted by molar-refractivity contribution is -0.241. The first kappa shape index (κ1) is 36.8. The quantitative estimate of drug-likeness (QED) is 0.0800. The van der Waals surface area contributed by atoms with Crippen molar-refractivity contribution in [3.05, 3.63) is 11.6 Å². The van der Waals surface area contributed by atoms with E-state index in [0.717, 1.165) is 19.3 Å². The van der Waals surface area contributed by atoms with Gasteiger partial charge < -0.3 is 34.6 Å². The molecule has 9 nitrogen and oxygen atoms in total. The molecule has 5 aliphatic rings. The Balaban J connectivity index is 1.39. The molecular weight excluding hydrogens is 600 g/mol. The molecule has 2 bridgehead atoms. The molecule has 4 N–H and O–H groups in total. The van der Waals surface area contributed by atoms with E-state index < -0.39 is 75.8 Å². The van der Waals surface area contributed by atoms with Crippen LogP contribution in [0.4, 0.5) is 0 Å². The zero-order valence-corrected chi connectivity index (χ0v) is 30.1. The van der Waals surface area contributed by atoms with E-state index in [9.17, 15) is 30.0 Å². The highest BCUT2D eigenvalue weighted by atomic mass is 16.7. The van der Waals surface area contributed by atoms with Gasteiger partial charge in [0, 0.05) is 23.7 Å². The highest BCUT2D eigenvalue weighted by molar-refractivity contribution is 5.72. The SMILES string of the molecule is CCCCCCCCCCCC(=O)O[C@@]12C[C@@H](C)[C@]34C=C(C)[C@H](O)[C@@]3(O)[C@H](O)C3(COC(=O)C(C)C(C)C)OC3[C@H](C4O)[C@@H]1C2(C)C. The van der Waals surface area contributed by atoms with Crippen molar-refractivity contribution >= 4 is 11.9 Å². The number of hydrogen-bond acceptors (Lipinski definition) is 9. The van der Waals surface area contributed by atoms with E-state index in [0.29, 0.717) is 18.4 Å². The van der Waals surface area contributed by atoms with Crippen LogP contribution in [0.15, 0.2) is 11.6 Å². The molecule has 5 rings (SSSR count). The van der Waals surface area contributed by atoms with Gasteiger partial charge in [-0.25, -0.2) is 0 Å². The zero-order valence-electron chi connectivity index (χ0n) is 30.1. The van der Waals surface area contributed by atoms with E-state index >= 15 is 0 Å². The van der Waals surface area contributed by atoms with Gasteiger partial charge in [-0.1, -0.05) is 106 Å². The Labute approximate surface area is 281 Å². The third-order valence-electron chi connectivity index (χ3n) is 13.6. The predicted molar refractivity (Wildman–Crippen MR) is 177 cm³/mol. The van der Waals surface area contributed by atoms with E-state index in [-0.39, 0.29) is 24.4 Å². The van der Waals surface area contributed by atoms with Crippen LogP contribution in [0.1, 0.15) is 126 Å². The first-order valence-corrected chi connectivity index (χ1v) is 18.5. The van der Waals surface area contributed by atoms with Gasteiger partial charge in [0.2, 0.25) is 0 Å². The fourth-order valence-electron chi connectivity index (χ4n) is 10.2. The topological polar surface area (TPSA) is 146 Å². The summed E-state index contributed by atoms with van der Waals surface area (Å²) in [5, 5.41) is 48.7. The fraction of sp³-hybridized carbons (Fsp3) is 0.895. The third-order valence-corrected chi connectivity index (χ3v) is 13.6. The number of hydrogen-bond donors (Lipinski definition) is 4. The molecule has 3 saturated carbocycles. The van der Waals surface area contributed by atoms with Gasteiger partial charge in [-0.2, -0.15) is 0 Å². The number of unbranched alkanes of at least 4 members (excludes halogenated alkanes) is 8. The second-order valence-electron chi connectivity index (χ2n) is 16.9. The van der Waals surface area contributed by atoms with E-state index in [4.69, 9.17) is 14.2 Å². The molecule has 0 radical (unpaired) electrons. The summed E-state index contributed by atoms with van der Waals surface area (Å²) in [6, 6.07) is 0. The lowest BCUT2D eigenvalue weighted by Crippen LogP contribution is -2.68. The van der Waals surface area contributed by atoms with Crippen molar-refractivity contribution in [2.45, 2.75) is 167 Å². The Morgan fingerprint density at radius 2 is 1.60 bits per heavy atom. The molecule has 0 aromatic heterocycles. The van der Waals surface area contributed by atoms with Gasteiger partial charge in [0.25, 0.3) is 0 Å². The van der Waals surface area contributed by atoms with Crippen LogP contribution >= 0.6 is 0 Å². The van der Waals surface area contributed by atoms with Crippen LogP contribution in [0.25, 0.3) is 0 Å². The van der Waals surface area contributed by atoms with Gasteiger partial charge >= 0.3 is 11.9 Å². The normalized spacial score (nSPS) is 43.1. The summed E-state index contributed by atoms with van der Waals surface area (Å²) < 4.78 is 18.5. The van der Waals surface area contributed by atoms with Crippen molar-refractivity contribution in [1.82, 2.24) is 0 Å². The summed E-state index contributed by atoms with van der Waals surface area (Å²) in [5.74, 6) is -2.54. The monoisotopic (exact) mass is 662 g/mol. The predicted octanol–water partition coefficient (Wildman–Crippen LogP) is 5.25. The molecule has 0 aromatic carbocycles. The Morgan fingerprint density at radius 1 is 1.00 bits per heavy atom. The molecule has 1 spiro atoms. The summed E-state index contributed by atoms with van der Waals surface area (Å²) in [4.78, 5) is 26.4. The standard InChI is InChI=1S/C38H62O9/c1-9-10-11-12-13-14-15-16-17-18-26(39)46-37-20-24(5)35-19-23(4)29(40)38(35,44)33(43)36(21-45-32(42)25(6)22(2)3)31(47-36)27(30(35)41)28(37)34(37,7)8/h19,22,24-25,27-31,33,40-41,43-44H,9-18,20-21H2,1-8H3/t24-,25?,27+,28-,29+,30?,31?,33-,35+,36?,37+,38-/m1/s1. The lowest BCUT2D eigenvalue weighted by atomic mass is 9.58. The van der Waals surface area contributed by atoms with Crippen molar-refractivity contribution in [1.29, 1.82) is 0 Å². The van der Waals surface area contributed by atoms with Crippen molar-refractivity contribution < 1.29 is 44.2 Å². The maximum Gasteiger partial charge on any atom is 0.309 e. The molecule has 12 atom stereocenters. The number of aliphatic hydroxyl groups excluding tert-OH is 3. The van der Waals surface area contributed by atoms with E-state index in [2.05, 4.69) is 6.92 Å².